The highest BCUT2D eigenvalue weighted by atomic mass is 35.5. The Kier molecular flexibility index (Phi) is 7.96. The van der Waals surface area contributed by atoms with Crippen molar-refractivity contribution < 1.29 is 32.6 Å². The summed E-state index contributed by atoms with van der Waals surface area (Å²) in [5.74, 6) is -1.12. The lowest BCUT2D eigenvalue weighted by molar-refractivity contribution is -0.119. The number of hydrogen-bond acceptors (Lipinski definition) is 7. The van der Waals surface area contributed by atoms with E-state index in [0.717, 1.165) is 10.7 Å². The maximum Gasteiger partial charge on any atom is 0.387 e. The molecule has 0 aliphatic heterocycles. The number of hydrogen-bond donors (Lipinski definition) is 1. The fourth-order valence-electron chi connectivity index (χ4n) is 2.53. The summed E-state index contributed by atoms with van der Waals surface area (Å²) < 4.78 is 39.4. The lowest BCUT2D eigenvalue weighted by Crippen LogP contribution is -2.21. The number of nitrogens with zero attached hydrogens (tertiary/aromatic N) is 1. The molecule has 3 rings (SSSR count). The third-order valence-electron chi connectivity index (χ3n) is 3.89. The molecule has 0 atom stereocenters. The number of amides is 1. The van der Waals surface area contributed by atoms with Crippen LogP contribution >= 0.6 is 22.9 Å². The number of aryl methyl sites for hydroxylation is 1. The number of alkyl halides is 2. The third-order valence-corrected chi connectivity index (χ3v) is 5.01. The standard InChI is InChI=1S/C21H17ClF2N2O5S/c1-12-25-15(11-32-12)9-29-16-4-2-3-13(7-16)20(28)30-10-19(27)26-14-5-6-18(17(22)8-14)31-21(23)24/h2-8,11,21H,9-10H2,1H3,(H,26,27). The molecule has 2 aromatic carbocycles. The number of nitrogens with one attached hydrogen (secondary N) is 1. The van der Waals surface area contributed by atoms with Crippen molar-refractivity contribution in [2.75, 3.05) is 11.9 Å². The Hall–Kier alpha value is -3.24. The normalized spacial score (nSPS) is 10.7. The van der Waals surface area contributed by atoms with Crippen LogP contribution in [0.1, 0.15) is 21.1 Å². The van der Waals surface area contributed by atoms with Gasteiger partial charge in [0.25, 0.3) is 5.91 Å². The summed E-state index contributed by atoms with van der Waals surface area (Å²) in [7, 11) is 0. The number of aromatic nitrogens is 1. The summed E-state index contributed by atoms with van der Waals surface area (Å²) >= 11 is 7.35. The van der Waals surface area contributed by atoms with Crippen LogP contribution in [0.3, 0.4) is 0 Å². The zero-order chi connectivity index (χ0) is 23.1. The SMILES string of the molecule is Cc1nc(COc2cccc(C(=O)OCC(=O)Nc3ccc(OC(F)F)c(Cl)c3)c2)cs1. The molecule has 0 radical (unpaired) electrons. The quantitative estimate of drug-likeness (QED) is 0.428. The molecule has 0 spiro atoms. The minimum absolute atomic E-state index is 0.107. The van der Waals surface area contributed by atoms with Crippen LogP contribution in [-0.2, 0) is 16.1 Å². The van der Waals surface area contributed by atoms with E-state index >= 15 is 0 Å². The van der Waals surface area contributed by atoms with Crippen LogP contribution < -0.4 is 14.8 Å². The molecule has 1 N–H and O–H groups in total. The molecule has 0 unspecified atom stereocenters. The van der Waals surface area contributed by atoms with Crippen molar-refractivity contribution in [3.8, 4) is 11.5 Å². The largest absolute Gasteiger partial charge is 0.487 e. The van der Waals surface area contributed by atoms with E-state index in [0.29, 0.717) is 5.75 Å². The highest BCUT2D eigenvalue weighted by Gasteiger charge is 2.13. The van der Waals surface area contributed by atoms with Crippen LogP contribution in [-0.4, -0.2) is 30.1 Å². The number of carbonyl (C=O) groups is 2. The average Bonchev–Trinajstić information content (AvgIpc) is 3.17. The molecule has 0 bridgehead atoms. The molecule has 3 aromatic rings. The Bertz CT molecular complexity index is 1110. The van der Waals surface area contributed by atoms with Gasteiger partial charge in [-0.05, 0) is 43.3 Å². The zero-order valence-electron chi connectivity index (χ0n) is 16.6. The van der Waals surface area contributed by atoms with Gasteiger partial charge in [0, 0.05) is 11.1 Å². The maximum atomic E-state index is 12.3. The van der Waals surface area contributed by atoms with Crippen molar-refractivity contribution in [3.05, 3.63) is 69.1 Å². The third kappa shape index (κ3) is 6.89. The van der Waals surface area contributed by atoms with Crippen molar-refractivity contribution in [1.29, 1.82) is 0 Å². The summed E-state index contributed by atoms with van der Waals surface area (Å²) in [6.45, 7) is -1.43. The van der Waals surface area contributed by atoms with Crippen LogP contribution in [0.15, 0.2) is 47.8 Å². The van der Waals surface area contributed by atoms with E-state index in [9.17, 15) is 18.4 Å². The number of halogens is 3. The number of anilines is 1. The van der Waals surface area contributed by atoms with Crippen LogP contribution in [0.5, 0.6) is 11.5 Å². The Morgan fingerprint density at radius 1 is 1.22 bits per heavy atom. The Balaban J connectivity index is 1.50. The fourth-order valence-corrected chi connectivity index (χ4v) is 3.35. The summed E-state index contributed by atoms with van der Waals surface area (Å²) in [6, 6.07) is 10.1. The first kappa shape index (κ1) is 23.4. The summed E-state index contributed by atoms with van der Waals surface area (Å²) in [5.41, 5.74) is 1.22. The van der Waals surface area contributed by atoms with Gasteiger partial charge in [-0.1, -0.05) is 17.7 Å². The lowest BCUT2D eigenvalue weighted by atomic mass is 10.2. The van der Waals surface area contributed by atoms with Gasteiger partial charge < -0.3 is 19.5 Å². The molecule has 1 amide bonds. The molecule has 1 heterocycles. The van der Waals surface area contributed by atoms with E-state index in [4.69, 9.17) is 21.1 Å². The zero-order valence-corrected chi connectivity index (χ0v) is 18.2. The molecule has 7 nitrogen and oxygen atoms in total. The van der Waals surface area contributed by atoms with Crippen LogP contribution in [0.2, 0.25) is 5.02 Å². The second kappa shape index (κ2) is 10.9. The Labute approximate surface area is 190 Å². The van der Waals surface area contributed by atoms with Gasteiger partial charge in [0.05, 0.1) is 21.3 Å². The predicted molar refractivity (Wildman–Crippen MR) is 115 cm³/mol. The molecule has 0 fully saturated rings. The van der Waals surface area contributed by atoms with Gasteiger partial charge in [-0.25, -0.2) is 9.78 Å². The number of benzene rings is 2. The Morgan fingerprint density at radius 2 is 2.03 bits per heavy atom. The van der Waals surface area contributed by atoms with E-state index in [-0.39, 0.29) is 28.6 Å². The number of carbonyl (C=O) groups excluding carboxylic acids is 2. The topological polar surface area (TPSA) is 86.8 Å². The van der Waals surface area contributed by atoms with E-state index in [1.807, 2.05) is 12.3 Å². The number of rotatable bonds is 9. The molecular formula is C21H17ClF2N2O5S. The second-order valence-corrected chi connectivity index (χ2v) is 7.79. The monoisotopic (exact) mass is 482 g/mol. The highest BCUT2D eigenvalue weighted by molar-refractivity contribution is 7.09. The van der Waals surface area contributed by atoms with Crippen molar-refractivity contribution >= 4 is 40.5 Å². The molecule has 0 saturated heterocycles. The van der Waals surface area contributed by atoms with E-state index < -0.39 is 25.1 Å². The van der Waals surface area contributed by atoms with Crippen molar-refractivity contribution in [3.63, 3.8) is 0 Å². The molecule has 0 saturated carbocycles. The van der Waals surface area contributed by atoms with E-state index in [1.165, 1.54) is 41.7 Å². The first-order valence-electron chi connectivity index (χ1n) is 9.15. The van der Waals surface area contributed by atoms with Gasteiger partial charge >= 0.3 is 12.6 Å². The molecule has 1 aromatic heterocycles. The van der Waals surface area contributed by atoms with Crippen molar-refractivity contribution in [2.45, 2.75) is 20.1 Å². The fraction of sp³-hybridized carbons (Fsp3) is 0.190. The molecule has 11 heteroatoms. The van der Waals surface area contributed by atoms with Gasteiger partial charge in [-0.15, -0.1) is 11.3 Å². The minimum Gasteiger partial charge on any atom is -0.487 e. The smallest absolute Gasteiger partial charge is 0.387 e. The van der Waals surface area contributed by atoms with Crippen molar-refractivity contribution in [2.24, 2.45) is 0 Å². The summed E-state index contributed by atoms with van der Waals surface area (Å²) in [4.78, 5) is 28.6. The van der Waals surface area contributed by atoms with Gasteiger partial charge in [0.2, 0.25) is 0 Å². The predicted octanol–water partition coefficient (Wildman–Crippen LogP) is 5.08. The van der Waals surface area contributed by atoms with Gasteiger partial charge in [-0.3, -0.25) is 4.79 Å². The average molecular weight is 483 g/mol. The maximum absolute atomic E-state index is 12.3. The van der Waals surface area contributed by atoms with E-state index in [1.54, 1.807) is 12.1 Å². The van der Waals surface area contributed by atoms with E-state index in [2.05, 4.69) is 15.0 Å². The Morgan fingerprint density at radius 3 is 2.72 bits per heavy atom. The number of thiazole rings is 1. The molecular weight excluding hydrogens is 466 g/mol. The van der Waals surface area contributed by atoms with Crippen LogP contribution in [0, 0.1) is 6.92 Å². The van der Waals surface area contributed by atoms with Gasteiger partial charge in [0.15, 0.2) is 6.61 Å². The molecule has 32 heavy (non-hydrogen) atoms. The second-order valence-electron chi connectivity index (χ2n) is 6.32. The highest BCUT2D eigenvalue weighted by Crippen LogP contribution is 2.29. The first-order valence-corrected chi connectivity index (χ1v) is 10.4. The van der Waals surface area contributed by atoms with Gasteiger partial charge in [-0.2, -0.15) is 8.78 Å². The number of esters is 1. The van der Waals surface area contributed by atoms with Crippen LogP contribution in [0.4, 0.5) is 14.5 Å². The minimum atomic E-state index is -3.02. The number of ether oxygens (including phenoxy) is 3. The lowest BCUT2D eigenvalue weighted by Gasteiger charge is -2.10. The molecule has 168 valence electrons. The van der Waals surface area contributed by atoms with Crippen LogP contribution in [0.25, 0.3) is 0 Å². The van der Waals surface area contributed by atoms with Crippen molar-refractivity contribution in [1.82, 2.24) is 4.98 Å². The summed E-state index contributed by atoms with van der Waals surface area (Å²) in [5, 5.41) is 5.16. The first-order chi connectivity index (χ1) is 15.3. The van der Waals surface area contributed by atoms with Gasteiger partial charge in [0.1, 0.15) is 18.1 Å². The summed E-state index contributed by atoms with van der Waals surface area (Å²) in [6.07, 6.45) is 0. The molecule has 0 aliphatic carbocycles. The molecule has 0 aliphatic rings.